The van der Waals surface area contributed by atoms with E-state index < -0.39 is 0 Å². The van der Waals surface area contributed by atoms with Crippen molar-refractivity contribution in [2.75, 3.05) is 24.5 Å². The largest absolute Gasteiger partial charge is 0.372 e. The van der Waals surface area contributed by atoms with Crippen LogP contribution in [-0.4, -0.2) is 34.5 Å². The van der Waals surface area contributed by atoms with Gasteiger partial charge in [0.25, 0.3) is 0 Å². The van der Waals surface area contributed by atoms with Crippen LogP contribution < -0.4 is 4.90 Å². The van der Waals surface area contributed by atoms with Gasteiger partial charge in [-0.15, -0.1) is 0 Å². The van der Waals surface area contributed by atoms with E-state index >= 15 is 0 Å². The smallest absolute Gasteiger partial charge is 0.0925 e. The van der Waals surface area contributed by atoms with E-state index in [1.165, 1.54) is 48.6 Å². The van der Waals surface area contributed by atoms with Crippen LogP contribution >= 0.6 is 0 Å². The van der Waals surface area contributed by atoms with Crippen molar-refractivity contribution in [2.45, 2.75) is 32.4 Å². The minimum absolute atomic E-state index is 0.965. The second-order valence-corrected chi connectivity index (χ2v) is 6.15. The van der Waals surface area contributed by atoms with Crippen molar-refractivity contribution >= 4 is 5.69 Å². The fraction of sp³-hybridized carbons (Fsp3) is 0.471. The molecule has 2 aromatic rings. The Bertz CT molecular complexity index is 613. The molecule has 4 rings (SSSR count). The van der Waals surface area contributed by atoms with Gasteiger partial charge in [-0.05, 0) is 30.5 Å². The Morgan fingerprint density at radius 1 is 1.14 bits per heavy atom. The van der Waals surface area contributed by atoms with Crippen LogP contribution in [-0.2, 0) is 19.5 Å². The predicted octanol–water partition coefficient (Wildman–Crippen LogP) is 2.57. The van der Waals surface area contributed by atoms with Crippen LogP contribution in [0.4, 0.5) is 5.69 Å². The molecule has 0 spiro atoms. The number of H-pyrrole nitrogens is 1. The van der Waals surface area contributed by atoms with Crippen molar-refractivity contribution in [3.63, 3.8) is 0 Å². The Morgan fingerprint density at radius 3 is 2.95 bits per heavy atom. The van der Waals surface area contributed by atoms with E-state index in [1.807, 2.05) is 6.33 Å². The monoisotopic (exact) mass is 282 g/mol. The number of fused-ring (bicyclic) bond motifs is 1. The van der Waals surface area contributed by atoms with E-state index in [9.17, 15) is 0 Å². The molecule has 0 bridgehead atoms. The molecule has 1 saturated heterocycles. The van der Waals surface area contributed by atoms with E-state index in [2.05, 4.69) is 44.0 Å². The number of aromatic nitrogens is 2. The standard InChI is InChI=1S/C17H22N4/c1-2-8-21(7-1)15-5-3-4-14(10-15)11-20-9-6-16-17(12-20)19-13-18-16/h3-5,10,13H,1-2,6-9,11-12H2,(H,18,19). The molecule has 4 heteroatoms. The molecule has 0 unspecified atom stereocenters. The normalized spacial score (nSPS) is 19.0. The molecular weight excluding hydrogens is 260 g/mol. The first-order valence-electron chi connectivity index (χ1n) is 7.96. The van der Waals surface area contributed by atoms with Gasteiger partial charge >= 0.3 is 0 Å². The molecule has 2 aliphatic heterocycles. The lowest BCUT2D eigenvalue weighted by atomic mass is 10.1. The highest BCUT2D eigenvalue weighted by Crippen LogP contribution is 2.23. The molecule has 0 atom stereocenters. The number of aromatic amines is 1. The quantitative estimate of drug-likeness (QED) is 0.939. The molecule has 0 radical (unpaired) electrons. The third-order valence-corrected chi connectivity index (χ3v) is 4.65. The summed E-state index contributed by atoms with van der Waals surface area (Å²) >= 11 is 0. The molecule has 1 fully saturated rings. The summed E-state index contributed by atoms with van der Waals surface area (Å²) in [5.41, 5.74) is 5.34. The van der Waals surface area contributed by atoms with Gasteiger partial charge in [-0.1, -0.05) is 12.1 Å². The summed E-state index contributed by atoms with van der Waals surface area (Å²) < 4.78 is 0. The van der Waals surface area contributed by atoms with Crippen LogP contribution in [0.2, 0.25) is 0 Å². The van der Waals surface area contributed by atoms with Crippen LogP contribution in [0.1, 0.15) is 29.8 Å². The first-order valence-corrected chi connectivity index (χ1v) is 7.96. The molecule has 21 heavy (non-hydrogen) atoms. The van der Waals surface area contributed by atoms with Crippen LogP contribution in [0.5, 0.6) is 0 Å². The molecule has 0 aliphatic carbocycles. The summed E-state index contributed by atoms with van der Waals surface area (Å²) in [6, 6.07) is 9.06. The van der Waals surface area contributed by atoms with Crippen molar-refractivity contribution in [1.82, 2.24) is 14.9 Å². The van der Waals surface area contributed by atoms with E-state index in [0.29, 0.717) is 0 Å². The topological polar surface area (TPSA) is 35.2 Å². The molecule has 2 aliphatic rings. The molecule has 0 amide bonds. The van der Waals surface area contributed by atoms with E-state index in [4.69, 9.17) is 0 Å². The lowest BCUT2D eigenvalue weighted by Gasteiger charge is -2.26. The summed E-state index contributed by atoms with van der Waals surface area (Å²) in [7, 11) is 0. The third-order valence-electron chi connectivity index (χ3n) is 4.65. The number of benzene rings is 1. The van der Waals surface area contributed by atoms with Crippen molar-refractivity contribution in [3.8, 4) is 0 Å². The van der Waals surface area contributed by atoms with Gasteiger partial charge in [0, 0.05) is 50.5 Å². The van der Waals surface area contributed by atoms with Gasteiger partial charge in [0.15, 0.2) is 0 Å². The van der Waals surface area contributed by atoms with Crippen molar-refractivity contribution in [2.24, 2.45) is 0 Å². The van der Waals surface area contributed by atoms with E-state index in [0.717, 1.165) is 26.1 Å². The number of nitrogens with zero attached hydrogens (tertiary/aromatic N) is 3. The van der Waals surface area contributed by atoms with E-state index in [1.54, 1.807) is 0 Å². The Hall–Kier alpha value is -1.81. The van der Waals surface area contributed by atoms with Crippen molar-refractivity contribution in [3.05, 3.63) is 47.5 Å². The zero-order chi connectivity index (χ0) is 14.1. The maximum atomic E-state index is 4.42. The number of nitrogens with one attached hydrogen (secondary N) is 1. The second-order valence-electron chi connectivity index (χ2n) is 6.15. The summed E-state index contributed by atoms with van der Waals surface area (Å²) in [4.78, 5) is 12.7. The molecule has 1 aromatic heterocycles. The summed E-state index contributed by atoms with van der Waals surface area (Å²) in [5, 5.41) is 0. The Morgan fingerprint density at radius 2 is 2.05 bits per heavy atom. The number of rotatable bonds is 3. The van der Waals surface area contributed by atoms with Crippen LogP contribution in [0.25, 0.3) is 0 Å². The van der Waals surface area contributed by atoms with Gasteiger partial charge in [-0.2, -0.15) is 0 Å². The summed E-state index contributed by atoms with van der Waals surface area (Å²) in [6.07, 6.45) is 5.57. The lowest BCUT2D eigenvalue weighted by Crippen LogP contribution is -2.30. The molecule has 3 heterocycles. The lowest BCUT2D eigenvalue weighted by molar-refractivity contribution is 0.241. The summed E-state index contributed by atoms with van der Waals surface area (Å²) in [5.74, 6) is 0. The fourth-order valence-electron chi connectivity index (χ4n) is 3.48. The second kappa shape index (κ2) is 5.53. The zero-order valence-corrected chi connectivity index (χ0v) is 12.4. The van der Waals surface area contributed by atoms with Crippen molar-refractivity contribution < 1.29 is 0 Å². The Kier molecular flexibility index (Phi) is 3.39. The van der Waals surface area contributed by atoms with Crippen LogP contribution in [0, 0.1) is 0 Å². The number of hydrogen-bond donors (Lipinski definition) is 1. The van der Waals surface area contributed by atoms with Crippen LogP contribution in [0.3, 0.4) is 0 Å². The van der Waals surface area contributed by atoms with Crippen molar-refractivity contribution in [1.29, 1.82) is 0 Å². The molecule has 110 valence electrons. The number of hydrogen-bond acceptors (Lipinski definition) is 3. The molecule has 0 saturated carbocycles. The SMILES string of the molecule is c1cc(CN2CCc3[nH]cnc3C2)cc(N2CCCC2)c1. The number of imidazole rings is 1. The predicted molar refractivity (Wildman–Crippen MR) is 84.3 cm³/mol. The average molecular weight is 282 g/mol. The van der Waals surface area contributed by atoms with Gasteiger partial charge in [-0.25, -0.2) is 4.98 Å². The van der Waals surface area contributed by atoms with E-state index in [-0.39, 0.29) is 0 Å². The molecule has 1 aromatic carbocycles. The zero-order valence-electron chi connectivity index (χ0n) is 12.4. The minimum Gasteiger partial charge on any atom is -0.372 e. The van der Waals surface area contributed by atoms with Gasteiger partial charge in [0.05, 0.1) is 12.0 Å². The maximum Gasteiger partial charge on any atom is 0.0925 e. The maximum absolute atomic E-state index is 4.42. The first-order chi connectivity index (χ1) is 10.4. The first kappa shape index (κ1) is 12.9. The molecule has 1 N–H and O–H groups in total. The van der Waals surface area contributed by atoms with Crippen LogP contribution in [0.15, 0.2) is 30.6 Å². The molecular formula is C17H22N4. The van der Waals surface area contributed by atoms with Gasteiger partial charge in [0.1, 0.15) is 0 Å². The van der Waals surface area contributed by atoms with Gasteiger partial charge < -0.3 is 9.88 Å². The Labute approximate surface area is 125 Å². The van der Waals surface area contributed by atoms with Gasteiger partial charge in [-0.3, -0.25) is 4.90 Å². The highest BCUT2D eigenvalue weighted by Gasteiger charge is 2.19. The highest BCUT2D eigenvalue weighted by atomic mass is 15.2. The minimum atomic E-state index is 0.965. The highest BCUT2D eigenvalue weighted by molar-refractivity contribution is 5.49. The fourth-order valence-corrected chi connectivity index (χ4v) is 3.48. The average Bonchev–Trinajstić information content (AvgIpc) is 3.18. The number of anilines is 1. The van der Waals surface area contributed by atoms with Gasteiger partial charge in [0.2, 0.25) is 0 Å². The third kappa shape index (κ3) is 2.68. The summed E-state index contributed by atoms with van der Waals surface area (Å²) in [6.45, 7) is 5.53. The Balaban J connectivity index is 1.46. The molecule has 4 nitrogen and oxygen atoms in total.